The molecule has 2 aliphatic heterocycles. The van der Waals surface area contributed by atoms with Crippen LogP contribution < -0.4 is 5.32 Å². The molecular formula is C18H25N3S+. The molecule has 1 radical (unpaired) electrons. The SMILES string of the molecule is C[N+]1(C2CCNCC2)CC[CH]CC1c1nc2ccccc2s1. The summed E-state index contributed by atoms with van der Waals surface area (Å²) in [4.78, 5) is 4.99. The minimum Gasteiger partial charge on any atom is -0.316 e. The van der Waals surface area contributed by atoms with Gasteiger partial charge in [-0.05, 0) is 25.0 Å². The van der Waals surface area contributed by atoms with Crippen molar-refractivity contribution in [1.82, 2.24) is 10.3 Å². The third kappa shape index (κ3) is 2.47. The zero-order chi connectivity index (χ0) is 15.0. The normalized spacial score (nSPS) is 30.7. The highest BCUT2D eigenvalue weighted by atomic mass is 32.1. The van der Waals surface area contributed by atoms with E-state index in [2.05, 4.69) is 43.1 Å². The Kier molecular flexibility index (Phi) is 3.93. The molecule has 0 amide bonds. The van der Waals surface area contributed by atoms with Gasteiger partial charge in [0.25, 0.3) is 0 Å². The number of aromatic nitrogens is 1. The van der Waals surface area contributed by atoms with E-state index in [1.165, 1.54) is 65.0 Å². The van der Waals surface area contributed by atoms with Crippen LogP contribution in [-0.4, -0.2) is 42.2 Å². The Bertz CT molecular complexity index is 614. The van der Waals surface area contributed by atoms with Crippen molar-refractivity contribution >= 4 is 21.6 Å². The number of fused-ring (bicyclic) bond motifs is 1. The fraction of sp³-hybridized carbons (Fsp3) is 0.556. The van der Waals surface area contributed by atoms with Crippen LogP contribution in [0, 0.1) is 6.42 Å². The van der Waals surface area contributed by atoms with Crippen LogP contribution in [0.3, 0.4) is 0 Å². The van der Waals surface area contributed by atoms with Crippen molar-refractivity contribution < 1.29 is 4.48 Å². The maximum atomic E-state index is 4.99. The third-order valence-electron chi connectivity index (χ3n) is 5.66. The minimum absolute atomic E-state index is 0.550. The summed E-state index contributed by atoms with van der Waals surface area (Å²) in [7, 11) is 2.49. The predicted octanol–water partition coefficient (Wildman–Crippen LogP) is 3.53. The number of nitrogens with one attached hydrogen (secondary N) is 1. The van der Waals surface area contributed by atoms with Crippen LogP contribution in [0.25, 0.3) is 10.2 Å². The van der Waals surface area contributed by atoms with Gasteiger partial charge < -0.3 is 9.80 Å². The van der Waals surface area contributed by atoms with Gasteiger partial charge in [-0.15, -0.1) is 11.3 Å². The molecule has 0 aliphatic carbocycles. The highest BCUT2D eigenvalue weighted by Gasteiger charge is 2.44. The lowest BCUT2D eigenvalue weighted by Gasteiger charge is -2.50. The van der Waals surface area contributed by atoms with Crippen molar-refractivity contribution in [3.63, 3.8) is 0 Å². The monoisotopic (exact) mass is 315 g/mol. The summed E-state index contributed by atoms with van der Waals surface area (Å²) in [6.45, 7) is 3.62. The third-order valence-corrected chi connectivity index (χ3v) is 6.79. The van der Waals surface area contributed by atoms with Gasteiger partial charge in [0.05, 0.1) is 29.9 Å². The molecule has 1 N–H and O–H groups in total. The van der Waals surface area contributed by atoms with Crippen molar-refractivity contribution in [1.29, 1.82) is 0 Å². The number of thiazole rings is 1. The first-order chi connectivity index (χ1) is 10.8. The number of rotatable bonds is 2. The molecule has 2 aliphatic rings. The Labute approximate surface area is 136 Å². The molecule has 0 saturated carbocycles. The molecule has 2 saturated heterocycles. The van der Waals surface area contributed by atoms with Crippen molar-refractivity contribution in [3.8, 4) is 0 Å². The topological polar surface area (TPSA) is 24.9 Å². The smallest absolute Gasteiger partial charge is 0.152 e. The van der Waals surface area contributed by atoms with Crippen LogP contribution >= 0.6 is 11.3 Å². The second kappa shape index (κ2) is 5.91. The van der Waals surface area contributed by atoms with Crippen LogP contribution in [0.5, 0.6) is 0 Å². The molecule has 4 heteroatoms. The molecule has 117 valence electrons. The molecule has 0 bridgehead atoms. The highest BCUT2D eigenvalue weighted by molar-refractivity contribution is 7.18. The average Bonchev–Trinajstić information content (AvgIpc) is 3.00. The molecule has 2 unspecified atom stereocenters. The van der Waals surface area contributed by atoms with E-state index in [0.29, 0.717) is 6.04 Å². The molecule has 2 fully saturated rings. The van der Waals surface area contributed by atoms with Crippen LogP contribution in [0.15, 0.2) is 24.3 Å². The summed E-state index contributed by atoms with van der Waals surface area (Å²) >= 11 is 1.91. The fourth-order valence-corrected chi connectivity index (χ4v) is 5.47. The second-order valence-electron chi connectivity index (χ2n) is 6.90. The van der Waals surface area contributed by atoms with E-state index >= 15 is 0 Å². The maximum absolute atomic E-state index is 4.99. The molecule has 2 atom stereocenters. The molecule has 1 aromatic heterocycles. The van der Waals surface area contributed by atoms with Gasteiger partial charge in [-0.3, -0.25) is 0 Å². The molecule has 4 rings (SSSR count). The number of quaternary nitrogens is 1. The maximum Gasteiger partial charge on any atom is 0.152 e. The average molecular weight is 315 g/mol. The molecule has 3 nitrogen and oxygen atoms in total. The van der Waals surface area contributed by atoms with Crippen LogP contribution in [0.2, 0.25) is 0 Å². The van der Waals surface area contributed by atoms with Crippen LogP contribution in [0.1, 0.15) is 36.7 Å². The predicted molar refractivity (Wildman–Crippen MR) is 92.8 cm³/mol. The Balaban J connectivity index is 1.70. The number of nitrogens with zero attached hydrogens (tertiary/aromatic N) is 2. The first kappa shape index (κ1) is 14.6. The van der Waals surface area contributed by atoms with Gasteiger partial charge in [0.1, 0.15) is 6.04 Å². The summed E-state index contributed by atoms with van der Waals surface area (Å²) in [5.74, 6) is 0. The molecule has 3 heterocycles. The zero-order valence-electron chi connectivity index (χ0n) is 13.3. The van der Waals surface area contributed by atoms with E-state index in [1.54, 1.807) is 0 Å². The molecule has 0 spiro atoms. The van der Waals surface area contributed by atoms with E-state index in [1.807, 2.05) is 11.3 Å². The fourth-order valence-electron chi connectivity index (χ4n) is 4.26. The Morgan fingerprint density at radius 1 is 1.23 bits per heavy atom. The Morgan fingerprint density at radius 3 is 2.86 bits per heavy atom. The van der Waals surface area contributed by atoms with E-state index in [-0.39, 0.29) is 0 Å². The first-order valence-electron chi connectivity index (χ1n) is 8.50. The molecule has 2 aromatic rings. The second-order valence-corrected chi connectivity index (χ2v) is 7.96. The van der Waals surface area contributed by atoms with Crippen molar-refractivity contribution in [3.05, 3.63) is 35.7 Å². The van der Waals surface area contributed by atoms with Crippen LogP contribution in [0.4, 0.5) is 0 Å². The minimum atomic E-state index is 0.550. The van der Waals surface area contributed by atoms with E-state index in [4.69, 9.17) is 4.98 Å². The Hall–Kier alpha value is -0.970. The summed E-state index contributed by atoms with van der Waals surface area (Å²) < 4.78 is 2.53. The molecule has 22 heavy (non-hydrogen) atoms. The van der Waals surface area contributed by atoms with Gasteiger partial charge in [0.15, 0.2) is 5.01 Å². The van der Waals surface area contributed by atoms with E-state index < -0.39 is 0 Å². The number of para-hydroxylation sites is 1. The highest BCUT2D eigenvalue weighted by Crippen LogP contribution is 2.42. The van der Waals surface area contributed by atoms with Crippen LogP contribution in [-0.2, 0) is 0 Å². The van der Waals surface area contributed by atoms with Gasteiger partial charge in [0, 0.05) is 32.4 Å². The number of likely N-dealkylation sites (tertiary alicyclic amines) is 1. The van der Waals surface area contributed by atoms with Gasteiger partial charge in [-0.1, -0.05) is 12.1 Å². The van der Waals surface area contributed by atoms with E-state index in [9.17, 15) is 0 Å². The quantitative estimate of drug-likeness (QED) is 0.858. The van der Waals surface area contributed by atoms with Gasteiger partial charge in [0.2, 0.25) is 0 Å². The number of piperidine rings is 2. The lowest BCUT2D eigenvalue weighted by molar-refractivity contribution is -0.966. The van der Waals surface area contributed by atoms with Gasteiger partial charge in [-0.25, -0.2) is 4.98 Å². The summed E-state index contributed by atoms with van der Waals surface area (Å²) in [5, 5.41) is 4.86. The molecular weight excluding hydrogens is 290 g/mol. The van der Waals surface area contributed by atoms with Crippen molar-refractivity contribution in [2.75, 3.05) is 26.7 Å². The largest absolute Gasteiger partial charge is 0.316 e. The van der Waals surface area contributed by atoms with Crippen molar-refractivity contribution in [2.24, 2.45) is 0 Å². The number of hydrogen-bond donors (Lipinski definition) is 1. The van der Waals surface area contributed by atoms with E-state index in [0.717, 1.165) is 6.04 Å². The lowest BCUT2D eigenvalue weighted by Crippen LogP contribution is -2.59. The first-order valence-corrected chi connectivity index (χ1v) is 9.32. The van der Waals surface area contributed by atoms with Crippen molar-refractivity contribution in [2.45, 2.75) is 37.8 Å². The molecule has 1 aromatic carbocycles. The number of benzene rings is 1. The van der Waals surface area contributed by atoms with Gasteiger partial charge in [-0.2, -0.15) is 0 Å². The summed E-state index contributed by atoms with van der Waals surface area (Å²) in [6, 6.07) is 9.91. The van der Waals surface area contributed by atoms with Gasteiger partial charge >= 0.3 is 0 Å². The summed E-state index contributed by atoms with van der Waals surface area (Å²) in [5.41, 5.74) is 1.17. The lowest BCUT2D eigenvalue weighted by atomic mass is 9.92. The standard InChI is InChI=1S/C18H25N3S/c1-21(14-9-11-19-12-10-14)13-5-4-7-16(21)18-20-15-6-2-3-8-17(15)22-18/h2-4,6,8,14,16,19H,5,7,9-13H2,1H3/q+1. The summed E-state index contributed by atoms with van der Waals surface area (Å²) in [6.07, 6.45) is 7.52. The zero-order valence-corrected chi connectivity index (χ0v) is 14.1. The number of hydrogen-bond acceptors (Lipinski definition) is 3. The Morgan fingerprint density at radius 2 is 2.05 bits per heavy atom.